The van der Waals surface area contributed by atoms with E-state index < -0.39 is 11.9 Å². The molecule has 0 spiro atoms. The number of benzene rings is 1. The van der Waals surface area contributed by atoms with Crippen LogP contribution in [0.4, 0.5) is 0 Å². The molecule has 114 valence electrons. The number of carboxylic acid groups (broad SMARTS) is 1. The van der Waals surface area contributed by atoms with Crippen LogP contribution < -0.4 is 10.6 Å². The maximum absolute atomic E-state index is 11.9. The van der Waals surface area contributed by atoms with Crippen molar-refractivity contribution in [3.8, 4) is 0 Å². The molecule has 0 aliphatic rings. The van der Waals surface area contributed by atoms with Gasteiger partial charge in [-0.25, -0.2) is 4.79 Å². The van der Waals surface area contributed by atoms with Crippen LogP contribution in [0.3, 0.4) is 0 Å². The van der Waals surface area contributed by atoms with Gasteiger partial charge >= 0.3 is 5.97 Å². The van der Waals surface area contributed by atoms with Gasteiger partial charge in [0.25, 0.3) is 5.91 Å². The van der Waals surface area contributed by atoms with Gasteiger partial charge in [-0.3, -0.25) is 9.59 Å². The summed E-state index contributed by atoms with van der Waals surface area (Å²) < 4.78 is 0. The molecule has 1 aromatic carbocycles. The molecule has 0 atom stereocenters. The van der Waals surface area contributed by atoms with E-state index in [9.17, 15) is 14.4 Å². The fourth-order valence-electron chi connectivity index (χ4n) is 1.73. The topological polar surface area (TPSA) is 95.5 Å². The summed E-state index contributed by atoms with van der Waals surface area (Å²) in [5.74, 6) is -1.84. The highest BCUT2D eigenvalue weighted by Gasteiger charge is 2.16. The molecule has 1 aromatic rings. The summed E-state index contributed by atoms with van der Waals surface area (Å²) in [5, 5.41) is 14.3. The Balaban J connectivity index is 2.56. The van der Waals surface area contributed by atoms with Crippen molar-refractivity contribution in [3.63, 3.8) is 0 Å². The monoisotopic (exact) mass is 292 g/mol. The Kier molecular flexibility index (Phi) is 5.46. The van der Waals surface area contributed by atoms with Gasteiger partial charge in [0, 0.05) is 18.5 Å². The maximum atomic E-state index is 11.9. The van der Waals surface area contributed by atoms with Crippen molar-refractivity contribution < 1.29 is 19.5 Å². The molecular weight excluding hydrogens is 272 g/mol. The second kappa shape index (κ2) is 6.88. The van der Waals surface area contributed by atoms with Crippen molar-refractivity contribution in [3.05, 3.63) is 35.4 Å². The van der Waals surface area contributed by atoms with E-state index in [0.717, 1.165) is 0 Å². The lowest BCUT2D eigenvalue weighted by atomic mass is 10.1. The Hall–Kier alpha value is -2.37. The van der Waals surface area contributed by atoms with E-state index in [1.807, 2.05) is 20.8 Å². The molecule has 6 heteroatoms. The number of carbonyl (C=O) groups is 3. The molecule has 6 nitrogen and oxygen atoms in total. The van der Waals surface area contributed by atoms with Gasteiger partial charge in [0.2, 0.25) is 5.91 Å². The highest BCUT2D eigenvalue weighted by molar-refractivity contribution is 6.04. The number of amides is 2. The zero-order valence-electron chi connectivity index (χ0n) is 12.4. The molecule has 0 saturated carbocycles. The lowest BCUT2D eigenvalue weighted by Crippen LogP contribution is -2.42. The molecule has 0 aliphatic heterocycles. The maximum Gasteiger partial charge on any atom is 0.336 e. The Morgan fingerprint density at radius 1 is 1.10 bits per heavy atom. The summed E-state index contributed by atoms with van der Waals surface area (Å²) >= 11 is 0. The van der Waals surface area contributed by atoms with Crippen molar-refractivity contribution in [1.29, 1.82) is 0 Å². The Morgan fingerprint density at radius 2 is 1.67 bits per heavy atom. The molecule has 0 fully saturated rings. The number of carboxylic acids is 1. The molecular formula is C15H20N2O4. The van der Waals surface area contributed by atoms with Gasteiger partial charge < -0.3 is 15.7 Å². The standard InChI is InChI=1S/C15H20N2O4/c1-15(2,3)17-12(18)8-9-16-13(19)10-6-4-5-7-11(10)14(20)21/h4-7H,8-9H2,1-3H3,(H,16,19)(H,17,18)(H,20,21). The number of nitrogens with one attached hydrogen (secondary N) is 2. The molecule has 3 N–H and O–H groups in total. The van der Waals surface area contributed by atoms with Crippen LogP contribution in [0.25, 0.3) is 0 Å². The zero-order chi connectivity index (χ0) is 16.0. The predicted molar refractivity (Wildman–Crippen MR) is 78.2 cm³/mol. The first-order valence-corrected chi connectivity index (χ1v) is 6.62. The van der Waals surface area contributed by atoms with Crippen LogP contribution >= 0.6 is 0 Å². The average molecular weight is 292 g/mol. The van der Waals surface area contributed by atoms with Crippen LogP contribution in [0, 0.1) is 0 Å². The van der Waals surface area contributed by atoms with Crippen molar-refractivity contribution in [2.45, 2.75) is 32.7 Å². The SMILES string of the molecule is CC(C)(C)NC(=O)CCNC(=O)c1ccccc1C(=O)O. The molecule has 1 rings (SSSR count). The largest absolute Gasteiger partial charge is 0.478 e. The van der Waals surface area contributed by atoms with Crippen molar-refractivity contribution in [2.75, 3.05) is 6.54 Å². The summed E-state index contributed by atoms with van der Waals surface area (Å²) in [6.07, 6.45) is 0.137. The number of hydrogen-bond acceptors (Lipinski definition) is 3. The van der Waals surface area contributed by atoms with Gasteiger partial charge in [0.05, 0.1) is 11.1 Å². The van der Waals surface area contributed by atoms with E-state index in [1.54, 1.807) is 12.1 Å². The van der Waals surface area contributed by atoms with E-state index in [4.69, 9.17) is 5.11 Å². The highest BCUT2D eigenvalue weighted by Crippen LogP contribution is 2.08. The molecule has 2 amide bonds. The quantitative estimate of drug-likeness (QED) is 0.764. The lowest BCUT2D eigenvalue weighted by molar-refractivity contribution is -0.122. The molecule has 0 aromatic heterocycles. The minimum Gasteiger partial charge on any atom is -0.478 e. The third kappa shape index (κ3) is 5.64. The van der Waals surface area contributed by atoms with Crippen molar-refractivity contribution in [1.82, 2.24) is 10.6 Å². The second-order valence-corrected chi connectivity index (χ2v) is 5.65. The van der Waals surface area contributed by atoms with Gasteiger partial charge in [-0.15, -0.1) is 0 Å². The van der Waals surface area contributed by atoms with E-state index in [-0.39, 0.29) is 35.5 Å². The molecule has 0 unspecified atom stereocenters. The first-order valence-electron chi connectivity index (χ1n) is 6.62. The molecule has 0 aliphatic carbocycles. The normalized spacial score (nSPS) is 10.8. The first kappa shape index (κ1) is 16.7. The first-order chi connectivity index (χ1) is 9.70. The Labute approximate surface area is 123 Å². The van der Waals surface area contributed by atoms with E-state index in [1.165, 1.54) is 12.1 Å². The smallest absolute Gasteiger partial charge is 0.336 e. The van der Waals surface area contributed by atoms with Crippen LogP contribution in [0.15, 0.2) is 24.3 Å². The number of hydrogen-bond donors (Lipinski definition) is 3. The minimum atomic E-state index is -1.16. The summed E-state index contributed by atoms with van der Waals surface area (Å²) in [6.45, 7) is 5.75. The van der Waals surface area contributed by atoms with E-state index in [2.05, 4.69) is 10.6 Å². The summed E-state index contributed by atoms with van der Waals surface area (Å²) in [5.41, 5.74) is -0.299. The third-order valence-electron chi connectivity index (χ3n) is 2.55. The Bertz CT molecular complexity index is 547. The second-order valence-electron chi connectivity index (χ2n) is 5.65. The molecule has 0 radical (unpaired) electrons. The third-order valence-corrected chi connectivity index (χ3v) is 2.55. The fraction of sp³-hybridized carbons (Fsp3) is 0.400. The molecule has 0 bridgehead atoms. The highest BCUT2D eigenvalue weighted by atomic mass is 16.4. The van der Waals surface area contributed by atoms with Crippen molar-refractivity contribution >= 4 is 17.8 Å². The zero-order valence-corrected chi connectivity index (χ0v) is 12.4. The van der Waals surface area contributed by atoms with Crippen LogP contribution in [0.1, 0.15) is 47.9 Å². The fourth-order valence-corrected chi connectivity index (χ4v) is 1.73. The number of carbonyl (C=O) groups excluding carboxylic acids is 2. The van der Waals surface area contributed by atoms with Gasteiger partial charge in [-0.05, 0) is 32.9 Å². The van der Waals surface area contributed by atoms with Crippen LogP contribution in [-0.2, 0) is 4.79 Å². The summed E-state index contributed by atoms with van der Waals surface area (Å²) in [7, 11) is 0. The van der Waals surface area contributed by atoms with Gasteiger partial charge in [-0.1, -0.05) is 12.1 Å². The van der Waals surface area contributed by atoms with Gasteiger partial charge in [0.15, 0.2) is 0 Å². The minimum absolute atomic E-state index is 0.0610. The van der Waals surface area contributed by atoms with Crippen LogP contribution in [0.2, 0.25) is 0 Å². The molecule has 0 saturated heterocycles. The van der Waals surface area contributed by atoms with Crippen LogP contribution in [0.5, 0.6) is 0 Å². The molecule has 0 heterocycles. The van der Waals surface area contributed by atoms with E-state index in [0.29, 0.717) is 0 Å². The van der Waals surface area contributed by atoms with E-state index >= 15 is 0 Å². The van der Waals surface area contributed by atoms with Gasteiger partial charge in [0.1, 0.15) is 0 Å². The average Bonchev–Trinajstić information content (AvgIpc) is 2.36. The van der Waals surface area contributed by atoms with Crippen molar-refractivity contribution in [2.24, 2.45) is 0 Å². The predicted octanol–water partition coefficient (Wildman–Crippen LogP) is 1.42. The van der Waals surface area contributed by atoms with Gasteiger partial charge in [-0.2, -0.15) is 0 Å². The Morgan fingerprint density at radius 3 is 2.19 bits per heavy atom. The lowest BCUT2D eigenvalue weighted by Gasteiger charge is -2.20. The summed E-state index contributed by atoms with van der Waals surface area (Å²) in [4.78, 5) is 34.5. The number of rotatable bonds is 5. The molecule has 21 heavy (non-hydrogen) atoms. The summed E-state index contributed by atoms with van der Waals surface area (Å²) in [6, 6.07) is 5.95. The van der Waals surface area contributed by atoms with Crippen LogP contribution in [-0.4, -0.2) is 35.0 Å². The number of aromatic carboxylic acids is 1.